The van der Waals surface area contributed by atoms with Gasteiger partial charge < -0.3 is 19.9 Å². The molecule has 1 saturated heterocycles. The Kier molecular flexibility index (Phi) is 6.77. The number of nitrogens with zero attached hydrogens (tertiary/aromatic N) is 6. The number of aromatic nitrogens is 4. The molecular formula is C26H36FN7O. The van der Waals surface area contributed by atoms with E-state index in [-0.39, 0.29) is 23.8 Å². The minimum absolute atomic E-state index is 0.0326. The van der Waals surface area contributed by atoms with Crippen molar-refractivity contribution in [3.8, 4) is 5.88 Å². The second-order valence-electron chi connectivity index (χ2n) is 10.0. The molecule has 1 aliphatic carbocycles. The highest BCUT2D eigenvalue weighted by Crippen LogP contribution is 2.37. The van der Waals surface area contributed by atoms with Gasteiger partial charge in [0.05, 0.1) is 16.9 Å². The molecule has 188 valence electrons. The first kappa shape index (κ1) is 23.8. The van der Waals surface area contributed by atoms with Crippen molar-refractivity contribution in [3.05, 3.63) is 35.9 Å². The monoisotopic (exact) mass is 481 g/mol. The summed E-state index contributed by atoms with van der Waals surface area (Å²) < 4.78 is 22.5. The summed E-state index contributed by atoms with van der Waals surface area (Å²) in [5.74, 6) is 1.66. The maximum atomic E-state index is 14.4. The van der Waals surface area contributed by atoms with Crippen molar-refractivity contribution in [2.45, 2.75) is 64.1 Å². The minimum atomic E-state index is -0.359. The number of pyridine rings is 2. The number of ether oxygens (including phenoxy) is 1. The zero-order valence-electron chi connectivity index (χ0n) is 21.2. The van der Waals surface area contributed by atoms with Gasteiger partial charge in [-0.1, -0.05) is 0 Å². The largest absolute Gasteiger partial charge is 0.472 e. The topological polar surface area (TPSA) is 71.3 Å². The zero-order chi connectivity index (χ0) is 24.5. The van der Waals surface area contributed by atoms with Crippen LogP contribution in [0.15, 0.2) is 24.5 Å². The van der Waals surface area contributed by atoms with Gasteiger partial charge >= 0.3 is 0 Å². The van der Waals surface area contributed by atoms with Gasteiger partial charge in [-0.25, -0.2) is 14.4 Å². The predicted molar refractivity (Wildman–Crippen MR) is 137 cm³/mol. The molecule has 0 spiro atoms. The number of rotatable bonds is 7. The molecule has 0 bridgehead atoms. The lowest BCUT2D eigenvalue weighted by Crippen LogP contribution is -2.31. The van der Waals surface area contributed by atoms with Crippen LogP contribution < -0.4 is 15.0 Å². The Bertz CT molecular complexity index is 1170. The molecule has 2 fully saturated rings. The zero-order valence-corrected chi connectivity index (χ0v) is 21.2. The summed E-state index contributed by atoms with van der Waals surface area (Å²) in [6.45, 7) is 6.61. The molecule has 4 heterocycles. The fraction of sp³-hybridized carbons (Fsp3) is 0.577. The van der Waals surface area contributed by atoms with E-state index in [1.807, 2.05) is 6.20 Å². The summed E-state index contributed by atoms with van der Waals surface area (Å²) >= 11 is 0. The van der Waals surface area contributed by atoms with Crippen molar-refractivity contribution < 1.29 is 9.13 Å². The van der Waals surface area contributed by atoms with Gasteiger partial charge in [-0.05, 0) is 71.7 Å². The molecule has 2 aliphatic rings. The smallest absolute Gasteiger partial charge is 0.250 e. The third kappa shape index (κ3) is 4.78. The summed E-state index contributed by atoms with van der Waals surface area (Å²) in [5.41, 5.74) is 1.68. The van der Waals surface area contributed by atoms with Crippen molar-refractivity contribution in [2.24, 2.45) is 0 Å². The maximum absolute atomic E-state index is 14.4. The highest BCUT2D eigenvalue weighted by molar-refractivity contribution is 5.91. The van der Waals surface area contributed by atoms with Gasteiger partial charge in [0.25, 0.3) is 5.88 Å². The molecule has 0 amide bonds. The molecule has 9 heteroatoms. The van der Waals surface area contributed by atoms with Crippen molar-refractivity contribution in [3.63, 3.8) is 0 Å². The fourth-order valence-electron chi connectivity index (χ4n) is 5.32. The van der Waals surface area contributed by atoms with Crippen LogP contribution in [0.1, 0.15) is 50.6 Å². The molecule has 1 aliphatic heterocycles. The lowest BCUT2D eigenvalue weighted by molar-refractivity contribution is 0.120. The highest BCUT2D eigenvalue weighted by atomic mass is 19.1. The van der Waals surface area contributed by atoms with Crippen LogP contribution in [0.5, 0.6) is 5.88 Å². The summed E-state index contributed by atoms with van der Waals surface area (Å²) in [6, 6.07) is 4.60. The van der Waals surface area contributed by atoms with Crippen molar-refractivity contribution in [1.82, 2.24) is 24.6 Å². The van der Waals surface area contributed by atoms with Gasteiger partial charge in [0.1, 0.15) is 11.9 Å². The van der Waals surface area contributed by atoms with E-state index < -0.39 is 0 Å². The van der Waals surface area contributed by atoms with Gasteiger partial charge in [0.2, 0.25) is 0 Å². The van der Waals surface area contributed by atoms with Crippen molar-refractivity contribution in [1.29, 1.82) is 0 Å². The number of likely N-dealkylation sites (N-methyl/N-ethyl adjacent to an activating group) is 1. The Balaban J connectivity index is 1.37. The molecule has 3 aromatic rings. The summed E-state index contributed by atoms with van der Waals surface area (Å²) in [7, 11) is 4.29. The van der Waals surface area contributed by atoms with E-state index in [2.05, 4.69) is 56.9 Å². The second-order valence-corrected chi connectivity index (χ2v) is 10.0. The quantitative estimate of drug-likeness (QED) is 0.536. The van der Waals surface area contributed by atoms with E-state index in [1.165, 1.54) is 0 Å². The van der Waals surface area contributed by atoms with Gasteiger partial charge in [-0.2, -0.15) is 5.10 Å². The van der Waals surface area contributed by atoms with Gasteiger partial charge in [-0.15, -0.1) is 0 Å². The Morgan fingerprint density at radius 1 is 1.17 bits per heavy atom. The Labute approximate surface area is 206 Å². The first-order valence-electron chi connectivity index (χ1n) is 12.8. The van der Waals surface area contributed by atoms with Crippen LogP contribution in [0, 0.1) is 12.7 Å². The molecule has 1 atom stereocenters. The van der Waals surface area contributed by atoms with Gasteiger partial charge in [0.15, 0.2) is 11.6 Å². The van der Waals surface area contributed by atoms with Crippen LogP contribution in [-0.2, 0) is 0 Å². The number of hydrogen-bond acceptors (Lipinski definition) is 7. The standard InChI is InChI=1S/C26H36FN7O/c1-5-28-23-14-22-21(15-30-23)25(33-13-11-19(16-33)32(3)4)31-34(22)18-6-8-20(9-7-18)35-26-24(27)17(2)10-12-29-26/h10,12,14-15,18-20H,5-9,11,13,16H2,1-4H3,(H,28,30)/t18?,19-,20?/m0/s1. The maximum Gasteiger partial charge on any atom is 0.250 e. The number of halogens is 1. The van der Waals surface area contributed by atoms with Crippen molar-refractivity contribution >= 4 is 22.5 Å². The predicted octanol–water partition coefficient (Wildman–Crippen LogP) is 4.41. The normalized spacial score (nSPS) is 22.8. The Morgan fingerprint density at radius 2 is 1.97 bits per heavy atom. The summed E-state index contributed by atoms with van der Waals surface area (Å²) in [5, 5.41) is 9.61. The third-order valence-electron chi connectivity index (χ3n) is 7.44. The van der Waals surface area contributed by atoms with E-state index in [1.54, 1.807) is 19.2 Å². The van der Waals surface area contributed by atoms with Crippen LogP contribution in [0.3, 0.4) is 0 Å². The first-order valence-corrected chi connectivity index (χ1v) is 12.8. The molecule has 3 aromatic heterocycles. The summed E-state index contributed by atoms with van der Waals surface area (Å²) in [4.78, 5) is 13.5. The van der Waals surface area contributed by atoms with E-state index in [0.717, 1.165) is 74.3 Å². The molecule has 8 nitrogen and oxygen atoms in total. The molecule has 0 radical (unpaired) electrons. The average molecular weight is 482 g/mol. The average Bonchev–Trinajstić information content (AvgIpc) is 3.48. The second kappa shape index (κ2) is 9.97. The van der Waals surface area contributed by atoms with Gasteiger partial charge in [-0.3, -0.25) is 4.68 Å². The summed E-state index contributed by atoms with van der Waals surface area (Å²) in [6.07, 6.45) is 8.20. The van der Waals surface area contributed by atoms with Crippen LogP contribution >= 0.6 is 0 Å². The van der Waals surface area contributed by atoms with E-state index in [4.69, 9.17) is 9.84 Å². The van der Waals surface area contributed by atoms with E-state index >= 15 is 0 Å². The lowest BCUT2D eigenvalue weighted by atomic mass is 9.93. The van der Waals surface area contributed by atoms with Crippen LogP contribution in [-0.4, -0.2) is 70.5 Å². The minimum Gasteiger partial charge on any atom is -0.472 e. The molecule has 35 heavy (non-hydrogen) atoms. The van der Waals surface area contributed by atoms with Crippen LogP contribution in [0.2, 0.25) is 0 Å². The Hall–Kier alpha value is -2.94. The van der Waals surface area contributed by atoms with Crippen molar-refractivity contribution in [2.75, 3.05) is 43.9 Å². The number of fused-ring (bicyclic) bond motifs is 1. The molecule has 0 unspecified atom stereocenters. The van der Waals surface area contributed by atoms with E-state index in [0.29, 0.717) is 11.6 Å². The third-order valence-corrected chi connectivity index (χ3v) is 7.44. The number of anilines is 2. The van der Waals surface area contributed by atoms with Gasteiger partial charge in [0, 0.05) is 44.1 Å². The molecular weight excluding hydrogens is 445 g/mol. The van der Waals surface area contributed by atoms with E-state index in [9.17, 15) is 4.39 Å². The fourth-order valence-corrected chi connectivity index (χ4v) is 5.32. The molecule has 0 aromatic carbocycles. The first-order chi connectivity index (χ1) is 16.9. The number of nitrogens with one attached hydrogen (secondary N) is 1. The molecule has 1 N–H and O–H groups in total. The molecule has 5 rings (SSSR count). The number of hydrogen-bond donors (Lipinski definition) is 1. The lowest BCUT2D eigenvalue weighted by Gasteiger charge is -2.29. The number of aryl methyl sites for hydroxylation is 1. The SMILES string of the molecule is CCNc1cc2c(cn1)c(N1CC[C@H](N(C)C)C1)nn2C1CCC(Oc2nccc(C)c2F)CC1. The Morgan fingerprint density at radius 3 is 2.69 bits per heavy atom. The van der Waals surface area contributed by atoms with Crippen LogP contribution in [0.4, 0.5) is 16.0 Å². The van der Waals surface area contributed by atoms with Crippen LogP contribution in [0.25, 0.3) is 10.9 Å². The molecule has 1 saturated carbocycles. The highest BCUT2D eigenvalue weighted by Gasteiger charge is 2.31.